The van der Waals surface area contributed by atoms with Gasteiger partial charge in [-0.2, -0.15) is 0 Å². The zero-order valence-electron chi connectivity index (χ0n) is 16.5. The van der Waals surface area contributed by atoms with Crippen LogP contribution < -0.4 is 16.4 Å². The van der Waals surface area contributed by atoms with Gasteiger partial charge in [0.25, 0.3) is 0 Å². The monoisotopic (exact) mass is 384 g/mol. The summed E-state index contributed by atoms with van der Waals surface area (Å²) in [6, 6.07) is -2.40. The van der Waals surface area contributed by atoms with Crippen LogP contribution in [0, 0.1) is 11.8 Å². The average Bonchev–Trinajstić information content (AvgIpc) is 3.07. The standard InChI is InChI=1S/C18H32N4O5/c1-10(2)8-12(17(25)22-7-5-6-13(22)18(26)27)21-14(23)9-20-16(24)15(19)11(3)4/h10-13,15H,5-9,19H2,1-4H3,(H,20,24)(H,21,23)(H,26,27). The van der Waals surface area contributed by atoms with Crippen molar-refractivity contribution in [2.45, 2.75) is 65.1 Å². The Morgan fingerprint density at radius 2 is 1.81 bits per heavy atom. The van der Waals surface area contributed by atoms with Gasteiger partial charge in [0.2, 0.25) is 17.7 Å². The third-order valence-corrected chi connectivity index (χ3v) is 4.61. The van der Waals surface area contributed by atoms with Gasteiger partial charge in [0.1, 0.15) is 12.1 Å². The molecule has 0 aromatic rings. The van der Waals surface area contributed by atoms with Crippen molar-refractivity contribution in [3.05, 3.63) is 0 Å². The van der Waals surface area contributed by atoms with Crippen molar-refractivity contribution in [1.82, 2.24) is 15.5 Å². The van der Waals surface area contributed by atoms with Crippen LogP contribution in [0.2, 0.25) is 0 Å². The molecule has 9 heteroatoms. The van der Waals surface area contributed by atoms with Crippen molar-refractivity contribution in [3.8, 4) is 0 Å². The minimum atomic E-state index is -1.04. The molecule has 0 spiro atoms. The molecule has 0 aliphatic carbocycles. The van der Waals surface area contributed by atoms with Crippen LogP contribution in [0.1, 0.15) is 47.0 Å². The van der Waals surface area contributed by atoms with E-state index >= 15 is 0 Å². The number of nitrogens with one attached hydrogen (secondary N) is 2. The molecule has 1 aliphatic heterocycles. The Morgan fingerprint density at radius 1 is 1.19 bits per heavy atom. The molecule has 27 heavy (non-hydrogen) atoms. The third-order valence-electron chi connectivity index (χ3n) is 4.61. The molecule has 3 unspecified atom stereocenters. The molecule has 154 valence electrons. The van der Waals surface area contributed by atoms with Crippen LogP contribution in [-0.4, -0.2) is 64.9 Å². The van der Waals surface area contributed by atoms with Crippen molar-refractivity contribution < 1.29 is 24.3 Å². The number of carboxylic acids is 1. The number of hydrogen-bond acceptors (Lipinski definition) is 5. The summed E-state index contributed by atoms with van der Waals surface area (Å²) < 4.78 is 0. The number of carbonyl (C=O) groups excluding carboxylic acids is 3. The first-order valence-electron chi connectivity index (χ1n) is 9.40. The average molecular weight is 384 g/mol. The topological polar surface area (TPSA) is 142 Å². The molecule has 0 bridgehead atoms. The molecule has 1 aliphatic rings. The SMILES string of the molecule is CC(C)CC(NC(=O)CNC(=O)C(N)C(C)C)C(=O)N1CCCC1C(=O)O. The Bertz CT molecular complexity index is 564. The van der Waals surface area contributed by atoms with Crippen molar-refractivity contribution >= 4 is 23.7 Å². The second kappa shape index (κ2) is 10.2. The predicted octanol–water partition coefficient (Wildman–Crippen LogP) is -0.308. The van der Waals surface area contributed by atoms with Crippen LogP contribution in [0.15, 0.2) is 0 Å². The van der Waals surface area contributed by atoms with Crippen molar-refractivity contribution in [3.63, 3.8) is 0 Å². The fraction of sp³-hybridized carbons (Fsp3) is 0.778. The van der Waals surface area contributed by atoms with E-state index in [1.807, 2.05) is 13.8 Å². The Morgan fingerprint density at radius 3 is 2.33 bits per heavy atom. The number of carboxylic acid groups (broad SMARTS) is 1. The van der Waals surface area contributed by atoms with Gasteiger partial charge in [-0.05, 0) is 31.1 Å². The van der Waals surface area contributed by atoms with E-state index in [1.165, 1.54) is 4.90 Å². The molecular formula is C18H32N4O5. The van der Waals surface area contributed by atoms with Crippen LogP contribution in [0.5, 0.6) is 0 Å². The lowest BCUT2D eigenvalue weighted by Crippen LogP contribution is -2.54. The normalized spacial score (nSPS) is 19.1. The van der Waals surface area contributed by atoms with Crippen LogP contribution in [-0.2, 0) is 19.2 Å². The number of amides is 3. The van der Waals surface area contributed by atoms with Crippen LogP contribution >= 0.6 is 0 Å². The Hall–Kier alpha value is -2.16. The molecule has 0 radical (unpaired) electrons. The molecule has 3 atom stereocenters. The summed E-state index contributed by atoms with van der Waals surface area (Å²) in [5.74, 6) is -2.32. The molecular weight excluding hydrogens is 352 g/mol. The van der Waals surface area contributed by atoms with Gasteiger partial charge in [-0.3, -0.25) is 14.4 Å². The molecule has 1 heterocycles. The first kappa shape index (κ1) is 22.9. The number of likely N-dealkylation sites (tertiary alicyclic amines) is 1. The van der Waals surface area contributed by atoms with Crippen LogP contribution in [0.3, 0.4) is 0 Å². The number of hydrogen-bond donors (Lipinski definition) is 4. The maximum atomic E-state index is 12.8. The van der Waals surface area contributed by atoms with E-state index in [1.54, 1.807) is 13.8 Å². The van der Waals surface area contributed by atoms with E-state index < -0.39 is 41.8 Å². The Balaban J connectivity index is 2.71. The highest BCUT2D eigenvalue weighted by atomic mass is 16.4. The van der Waals surface area contributed by atoms with Crippen LogP contribution in [0.4, 0.5) is 0 Å². The first-order valence-corrected chi connectivity index (χ1v) is 9.40. The highest BCUT2D eigenvalue weighted by molar-refractivity contribution is 5.92. The lowest BCUT2D eigenvalue weighted by molar-refractivity contribution is -0.149. The van der Waals surface area contributed by atoms with Gasteiger partial charge in [0.05, 0.1) is 12.6 Å². The summed E-state index contributed by atoms with van der Waals surface area (Å²) in [6.45, 7) is 7.50. The van der Waals surface area contributed by atoms with Gasteiger partial charge in [0, 0.05) is 6.54 Å². The summed E-state index contributed by atoms with van der Waals surface area (Å²) in [4.78, 5) is 49.5. The van der Waals surface area contributed by atoms with E-state index in [9.17, 15) is 24.3 Å². The fourth-order valence-electron chi connectivity index (χ4n) is 3.01. The molecule has 1 rings (SSSR count). The third kappa shape index (κ3) is 6.82. The van der Waals surface area contributed by atoms with E-state index in [0.717, 1.165) is 0 Å². The van der Waals surface area contributed by atoms with Crippen molar-refractivity contribution in [2.75, 3.05) is 13.1 Å². The minimum Gasteiger partial charge on any atom is -0.480 e. The van der Waals surface area contributed by atoms with E-state index in [0.29, 0.717) is 25.8 Å². The summed E-state index contributed by atoms with van der Waals surface area (Å²) in [5, 5.41) is 14.4. The molecule has 3 amide bonds. The van der Waals surface area contributed by atoms with E-state index in [2.05, 4.69) is 10.6 Å². The second-order valence-corrected chi connectivity index (χ2v) is 7.77. The molecule has 0 aromatic heterocycles. The lowest BCUT2D eigenvalue weighted by atomic mass is 10.0. The fourth-order valence-corrected chi connectivity index (χ4v) is 3.01. The van der Waals surface area contributed by atoms with Crippen LogP contribution in [0.25, 0.3) is 0 Å². The molecule has 9 nitrogen and oxygen atoms in total. The summed E-state index contributed by atoms with van der Waals surface area (Å²) in [6.07, 6.45) is 1.41. The molecule has 1 saturated heterocycles. The largest absolute Gasteiger partial charge is 0.480 e. The van der Waals surface area contributed by atoms with E-state index in [-0.39, 0.29) is 18.4 Å². The van der Waals surface area contributed by atoms with Gasteiger partial charge in [-0.15, -0.1) is 0 Å². The smallest absolute Gasteiger partial charge is 0.326 e. The van der Waals surface area contributed by atoms with Crippen molar-refractivity contribution in [2.24, 2.45) is 17.6 Å². The second-order valence-electron chi connectivity index (χ2n) is 7.77. The number of nitrogens with two attached hydrogens (primary N) is 1. The molecule has 0 saturated carbocycles. The minimum absolute atomic E-state index is 0.0635. The van der Waals surface area contributed by atoms with Gasteiger partial charge < -0.3 is 26.4 Å². The van der Waals surface area contributed by atoms with Gasteiger partial charge in [-0.25, -0.2) is 4.79 Å². The summed E-state index contributed by atoms with van der Waals surface area (Å²) >= 11 is 0. The maximum Gasteiger partial charge on any atom is 0.326 e. The quantitative estimate of drug-likeness (QED) is 0.430. The van der Waals surface area contributed by atoms with E-state index in [4.69, 9.17) is 5.73 Å². The van der Waals surface area contributed by atoms with Gasteiger partial charge >= 0.3 is 5.97 Å². The molecule has 0 aromatic carbocycles. The predicted molar refractivity (Wildman–Crippen MR) is 99.6 cm³/mol. The Labute approximate surface area is 160 Å². The summed E-state index contributed by atoms with van der Waals surface area (Å²) in [7, 11) is 0. The van der Waals surface area contributed by atoms with Gasteiger partial charge in [0.15, 0.2) is 0 Å². The number of aliphatic carboxylic acids is 1. The zero-order chi connectivity index (χ0) is 20.7. The molecule has 5 N–H and O–H groups in total. The first-order chi connectivity index (χ1) is 12.5. The lowest BCUT2D eigenvalue weighted by Gasteiger charge is -2.28. The van der Waals surface area contributed by atoms with Crippen molar-refractivity contribution in [1.29, 1.82) is 0 Å². The summed E-state index contributed by atoms with van der Waals surface area (Å²) in [5.41, 5.74) is 5.73. The highest BCUT2D eigenvalue weighted by Crippen LogP contribution is 2.20. The Kier molecular flexibility index (Phi) is 8.68. The maximum absolute atomic E-state index is 12.8. The number of rotatable bonds is 9. The number of nitrogens with zero attached hydrogens (tertiary/aromatic N) is 1. The molecule has 1 fully saturated rings. The van der Waals surface area contributed by atoms with Gasteiger partial charge in [-0.1, -0.05) is 27.7 Å². The zero-order valence-corrected chi connectivity index (χ0v) is 16.5. The highest BCUT2D eigenvalue weighted by Gasteiger charge is 2.37. The number of carbonyl (C=O) groups is 4.